The van der Waals surface area contributed by atoms with Crippen molar-refractivity contribution in [3.8, 4) is 0 Å². The number of ether oxygens (including phenoxy) is 3. The van der Waals surface area contributed by atoms with E-state index < -0.39 is 66.9 Å². The summed E-state index contributed by atoms with van der Waals surface area (Å²) in [5.74, 6) is -36.1. The van der Waals surface area contributed by atoms with Crippen molar-refractivity contribution in [2.24, 2.45) is 0 Å². The molecule has 0 rings (SSSR count). The van der Waals surface area contributed by atoms with Crippen LogP contribution in [-0.2, 0) is 19.0 Å². The monoisotopic (exact) mass is 586 g/mol. The van der Waals surface area contributed by atoms with Gasteiger partial charge in [0.1, 0.15) is 0 Å². The van der Waals surface area contributed by atoms with Crippen LogP contribution < -0.4 is 0 Å². The van der Waals surface area contributed by atoms with Gasteiger partial charge in [0.05, 0.1) is 0 Å². The standard InChI is InChI=1S/C13H5F19O4/c1-2-4(33)34-3-5(14,15)35-12(29,30)13(31,32)36-11(27,28)9(22,23)7(18,19)6(16,17)8(20,21)10(24,25)26/h2H,1,3H2. The molecule has 4 nitrogen and oxygen atoms in total. The Bertz CT molecular complexity index is 815. The van der Waals surface area contributed by atoms with Crippen molar-refractivity contribution < 1.29 is 102 Å². The van der Waals surface area contributed by atoms with E-state index in [1.807, 2.05) is 4.74 Å². The third-order valence-corrected chi connectivity index (χ3v) is 3.33. The van der Waals surface area contributed by atoms with Crippen LogP contribution in [0, 0.1) is 0 Å². The van der Waals surface area contributed by atoms with E-state index in [0.717, 1.165) is 0 Å². The van der Waals surface area contributed by atoms with Gasteiger partial charge < -0.3 is 4.74 Å². The predicted molar refractivity (Wildman–Crippen MR) is 69.0 cm³/mol. The molecule has 0 aromatic carbocycles. The molecule has 23 heteroatoms. The first-order valence-corrected chi connectivity index (χ1v) is 7.65. The van der Waals surface area contributed by atoms with E-state index in [9.17, 15) is 88.2 Å². The molecule has 0 aliphatic heterocycles. The quantitative estimate of drug-likeness (QED) is 0.155. The number of hydrogen-bond acceptors (Lipinski definition) is 4. The number of alkyl halides is 19. The van der Waals surface area contributed by atoms with Crippen molar-refractivity contribution in [2.45, 2.75) is 54.3 Å². The van der Waals surface area contributed by atoms with Crippen molar-refractivity contribution in [3.63, 3.8) is 0 Å². The lowest BCUT2D eigenvalue weighted by Crippen LogP contribution is -2.71. The van der Waals surface area contributed by atoms with Gasteiger partial charge in [0.15, 0.2) is 6.61 Å². The summed E-state index contributed by atoms with van der Waals surface area (Å²) in [6, 6.07) is 0. The smallest absolute Gasteiger partial charge is 0.453 e. The molecule has 0 aromatic heterocycles. The maximum atomic E-state index is 13.3. The topological polar surface area (TPSA) is 44.8 Å². The molecule has 0 bridgehead atoms. The Hall–Kier alpha value is -2.20. The second-order valence-corrected chi connectivity index (χ2v) is 6.00. The Labute approximate surface area is 183 Å². The summed E-state index contributed by atoms with van der Waals surface area (Å²) in [7, 11) is 0. The van der Waals surface area contributed by atoms with Crippen molar-refractivity contribution in [1.29, 1.82) is 0 Å². The second kappa shape index (κ2) is 9.28. The van der Waals surface area contributed by atoms with E-state index in [1.54, 1.807) is 0 Å². The van der Waals surface area contributed by atoms with Crippen molar-refractivity contribution in [2.75, 3.05) is 6.61 Å². The van der Waals surface area contributed by atoms with Gasteiger partial charge in [-0.1, -0.05) is 6.58 Å². The van der Waals surface area contributed by atoms with Crippen LogP contribution in [0.1, 0.15) is 0 Å². The molecular weight excluding hydrogens is 581 g/mol. The van der Waals surface area contributed by atoms with Gasteiger partial charge in [-0.25, -0.2) is 14.3 Å². The number of rotatable bonds is 12. The molecule has 0 radical (unpaired) electrons. The summed E-state index contributed by atoms with van der Waals surface area (Å²) < 4.78 is 252. The Morgan fingerprint density at radius 2 is 0.917 bits per heavy atom. The third kappa shape index (κ3) is 5.85. The number of hydrogen-bond donors (Lipinski definition) is 0. The number of halogens is 19. The highest BCUT2D eigenvalue weighted by atomic mass is 19.4. The first kappa shape index (κ1) is 33.8. The summed E-state index contributed by atoms with van der Waals surface area (Å²) in [5, 5.41) is 0. The van der Waals surface area contributed by atoms with Gasteiger partial charge in [-0.2, -0.15) is 83.4 Å². The average Bonchev–Trinajstić information content (AvgIpc) is 2.62. The first-order valence-electron chi connectivity index (χ1n) is 7.65. The van der Waals surface area contributed by atoms with Gasteiger partial charge in [0.2, 0.25) is 0 Å². The molecule has 0 saturated carbocycles. The lowest BCUT2D eigenvalue weighted by molar-refractivity contribution is -0.544. The zero-order valence-corrected chi connectivity index (χ0v) is 15.8. The van der Waals surface area contributed by atoms with Crippen LogP contribution in [0.4, 0.5) is 83.4 Å². The molecule has 0 fully saturated rings. The summed E-state index contributed by atoms with van der Waals surface area (Å²) in [6.07, 6.45) is -36.9. The molecule has 0 saturated heterocycles. The maximum Gasteiger partial charge on any atom is 0.460 e. The minimum Gasteiger partial charge on any atom is -0.453 e. The van der Waals surface area contributed by atoms with Crippen molar-refractivity contribution >= 4 is 5.97 Å². The average molecular weight is 586 g/mol. The van der Waals surface area contributed by atoms with Gasteiger partial charge in [-0.3, -0.25) is 0 Å². The van der Waals surface area contributed by atoms with Gasteiger partial charge in [0, 0.05) is 6.08 Å². The molecule has 0 amide bonds. The fourth-order valence-electron chi connectivity index (χ4n) is 1.53. The highest BCUT2D eigenvalue weighted by Gasteiger charge is 2.92. The van der Waals surface area contributed by atoms with Crippen molar-refractivity contribution in [1.82, 2.24) is 0 Å². The molecule has 0 spiro atoms. The summed E-state index contributed by atoms with van der Waals surface area (Å²) in [5.41, 5.74) is 0. The SMILES string of the molecule is C=CC(=O)OCC(F)(F)OC(F)(F)C(F)(F)OC(F)(F)C(F)(F)C(F)(F)C(F)(F)C(F)(F)C(F)(F)F. The molecule has 36 heavy (non-hydrogen) atoms. The molecule has 0 heterocycles. The van der Waals surface area contributed by atoms with Gasteiger partial charge in [-0.15, -0.1) is 0 Å². The van der Waals surface area contributed by atoms with Crippen LogP contribution in [-0.4, -0.2) is 66.9 Å². The van der Waals surface area contributed by atoms with Crippen LogP contribution >= 0.6 is 0 Å². The van der Waals surface area contributed by atoms with Crippen LogP contribution in [0.5, 0.6) is 0 Å². The van der Waals surface area contributed by atoms with Crippen LogP contribution in [0.15, 0.2) is 12.7 Å². The van der Waals surface area contributed by atoms with Crippen LogP contribution in [0.25, 0.3) is 0 Å². The fraction of sp³-hybridized carbons (Fsp3) is 0.769. The van der Waals surface area contributed by atoms with Crippen molar-refractivity contribution in [3.05, 3.63) is 12.7 Å². The van der Waals surface area contributed by atoms with E-state index >= 15 is 0 Å². The minimum atomic E-state index is -8.71. The summed E-state index contributed by atoms with van der Waals surface area (Å²) in [4.78, 5) is 10.5. The fourth-order valence-corrected chi connectivity index (χ4v) is 1.53. The molecule has 214 valence electrons. The van der Waals surface area contributed by atoms with Gasteiger partial charge >= 0.3 is 60.3 Å². The van der Waals surface area contributed by atoms with E-state index in [2.05, 4.69) is 11.3 Å². The molecule has 0 N–H and O–H groups in total. The van der Waals surface area contributed by atoms with Crippen LogP contribution in [0.2, 0.25) is 0 Å². The van der Waals surface area contributed by atoms with E-state index in [-0.39, 0.29) is 6.08 Å². The summed E-state index contributed by atoms with van der Waals surface area (Å²) in [6.45, 7) is -0.180. The Balaban J connectivity index is 6.23. The molecule has 0 aliphatic rings. The molecule has 0 aliphatic carbocycles. The zero-order valence-electron chi connectivity index (χ0n) is 15.8. The normalized spacial score (nSPS) is 15.6. The molecular formula is C13H5F19O4. The largest absolute Gasteiger partial charge is 0.460 e. The zero-order chi connectivity index (χ0) is 29.6. The molecule has 0 aromatic rings. The molecule has 0 unspecified atom stereocenters. The lowest BCUT2D eigenvalue weighted by atomic mass is 9.97. The molecule has 0 atom stereocenters. The highest BCUT2D eigenvalue weighted by Crippen LogP contribution is 2.61. The third-order valence-electron chi connectivity index (χ3n) is 3.33. The first-order chi connectivity index (χ1) is 15.4. The predicted octanol–water partition coefficient (Wildman–Crippen LogP) is 6.22. The minimum absolute atomic E-state index is 0.0623. The Morgan fingerprint density at radius 1 is 0.556 bits per heavy atom. The van der Waals surface area contributed by atoms with E-state index in [1.165, 1.54) is 4.74 Å². The maximum absolute atomic E-state index is 13.3. The van der Waals surface area contributed by atoms with Gasteiger partial charge in [-0.05, 0) is 0 Å². The number of esters is 1. The Kier molecular flexibility index (Phi) is 8.71. The summed E-state index contributed by atoms with van der Waals surface area (Å²) >= 11 is 0. The lowest BCUT2D eigenvalue weighted by Gasteiger charge is -2.40. The number of carbonyl (C=O) groups is 1. The second-order valence-electron chi connectivity index (χ2n) is 6.00. The number of carbonyl (C=O) groups excluding carboxylic acids is 1. The Morgan fingerprint density at radius 3 is 1.28 bits per heavy atom. The van der Waals surface area contributed by atoms with E-state index in [4.69, 9.17) is 0 Å². The van der Waals surface area contributed by atoms with Crippen LogP contribution in [0.3, 0.4) is 0 Å². The van der Waals surface area contributed by atoms with E-state index in [0.29, 0.717) is 0 Å². The van der Waals surface area contributed by atoms with Gasteiger partial charge in [0.25, 0.3) is 0 Å². The highest BCUT2D eigenvalue weighted by molar-refractivity contribution is 5.81.